The van der Waals surface area contributed by atoms with Gasteiger partial charge in [-0.3, -0.25) is 0 Å². The van der Waals surface area contributed by atoms with E-state index in [1.165, 1.54) is 12.8 Å². The third-order valence-electron chi connectivity index (χ3n) is 3.51. The van der Waals surface area contributed by atoms with Gasteiger partial charge < -0.3 is 5.32 Å². The number of hydrogen-bond donors (Lipinski definition) is 1. The number of hydrogen-bond acceptors (Lipinski definition) is 2. The van der Waals surface area contributed by atoms with Gasteiger partial charge in [0.05, 0.1) is 11.6 Å². The SMILES string of the molecule is N#Cc1cccc(-c2ccc(CNC3CC3)cc2F)c1. The van der Waals surface area contributed by atoms with Gasteiger partial charge >= 0.3 is 0 Å². The van der Waals surface area contributed by atoms with Crippen molar-refractivity contribution in [3.8, 4) is 17.2 Å². The molecule has 0 spiro atoms. The average molecular weight is 266 g/mol. The Morgan fingerprint density at radius 2 is 2.05 bits per heavy atom. The van der Waals surface area contributed by atoms with E-state index in [-0.39, 0.29) is 5.82 Å². The summed E-state index contributed by atoms with van der Waals surface area (Å²) in [5, 5.41) is 12.3. The van der Waals surface area contributed by atoms with Crippen molar-refractivity contribution in [2.75, 3.05) is 0 Å². The number of nitrogens with zero attached hydrogens (tertiary/aromatic N) is 1. The van der Waals surface area contributed by atoms with Gasteiger partial charge in [0.2, 0.25) is 0 Å². The first-order valence-electron chi connectivity index (χ1n) is 6.78. The summed E-state index contributed by atoms with van der Waals surface area (Å²) in [5.74, 6) is -0.241. The monoisotopic (exact) mass is 266 g/mol. The molecule has 0 bridgehead atoms. The minimum Gasteiger partial charge on any atom is -0.310 e. The summed E-state index contributed by atoms with van der Waals surface area (Å²) in [5.41, 5.74) is 2.77. The molecule has 0 radical (unpaired) electrons. The van der Waals surface area contributed by atoms with Crippen molar-refractivity contribution in [3.05, 3.63) is 59.4 Å². The van der Waals surface area contributed by atoms with Gasteiger partial charge in [0, 0.05) is 18.2 Å². The first kappa shape index (κ1) is 12.8. The van der Waals surface area contributed by atoms with Crippen molar-refractivity contribution in [2.45, 2.75) is 25.4 Å². The summed E-state index contributed by atoms with van der Waals surface area (Å²) in [6, 6.07) is 15.0. The summed E-state index contributed by atoms with van der Waals surface area (Å²) in [6.45, 7) is 0.708. The molecule has 1 saturated carbocycles. The van der Waals surface area contributed by atoms with Crippen molar-refractivity contribution in [3.63, 3.8) is 0 Å². The summed E-state index contributed by atoms with van der Waals surface area (Å²) < 4.78 is 14.2. The number of benzene rings is 2. The van der Waals surface area contributed by atoms with E-state index in [1.807, 2.05) is 12.1 Å². The largest absolute Gasteiger partial charge is 0.310 e. The van der Waals surface area contributed by atoms with E-state index in [4.69, 9.17) is 5.26 Å². The van der Waals surface area contributed by atoms with E-state index < -0.39 is 0 Å². The van der Waals surface area contributed by atoms with Crippen LogP contribution in [-0.2, 0) is 6.54 Å². The summed E-state index contributed by atoms with van der Waals surface area (Å²) in [6.07, 6.45) is 2.45. The second-order valence-corrected chi connectivity index (χ2v) is 5.16. The van der Waals surface area contributed by atoms with Crippen LogP contribution in [0.2, 0.25) is 0 Å². The van der Waals surface area contributed by atoms with Crippen LogP contribution in [0.3, 0.4) is 0 Å². The molecular weight excluding hydrogens is 251 g/mol. The Balaban J connectivity index is 1.83. The zero-order valence-electron chi connectivity index (χ0n) is 11.1. The van der Waals surface area contributed by atoms with E-state index in [0.29, 0.717) is 23.7 Å². The Morgan fingerprint density at radius 3 is 2.75 bits per heavy atom. The van der Waals surface area contributed by atoms with Crippen molar-refractivity contribution >= 4 is 0 Å². The third-order valence-corrected chi connectivity index (χ3v) is 3.51. The zero-order valence-corrected chi connectivity index (χ0v) is 11.1. The molecule has 20 heavy (non-hydrogen) atoms. The van der Waals surface area contributed by atoms with Gasteiger partial charge in [-0.15, -0.1) is 0 Å². The lowest BCUT2D eigenvalue weighted by molar-refractivity contribution is 0.623. The second-order valence-electron chi connectivity index (χ2n) is 5.16. The predicted molar refractivity (Wildman–Crippen MR) is 76.4 cm³/mol. The highest BCUT2D eigenvalue weighted by Gasteiger charge is 2.20. The lowest BCUT2D eigenvalue weighted by atomic mass is 10.0. The van der Waals surface area contributed by atoms with E-state index in [1.54, 1.807) is 30.3 Å². The maximum absolute atomic E-state index is 14.2. The average Bonchev–Trinajstić information content (AvgIpc) is 3.29. The molecule has 0 unspecified atom stereocenters. The molecule has 0 amide bonds. The third kappa shape index (κ3) is 2.87. The van der Waals surface area contributed by atoms with E-state index in [0.717, 1.165) is 11.1 Å². The van der Waals surface area contributed by atoms with Crippen LogP contribution >= 0.6 is 0 Å². The van der Waals surface area contributed by atoms with Gasteiger partial charge in [-0.25, -0.2) is 4.39 Å². The van der Waals surface area contributed by atoms with Gasteiger partial charge in [-0.05, 0) is 42.2 Å². The molecule has 1 aliphatic carbocycles. The molecule has 0 heterocycles. The van der Waals surface area contributed by atoms with Crippen LogP contribution in [0, 0.1) is 17.1 Å². The molecule has 3 heteroatoms. The molecule has 1 fully saturated rings. The van der Waals surface area contributed by atoms with Crippen molar-refractivity contribution < 1.29 is 4.39 Å². The molecule has 2 nitrogen and oxygen atoms in total. The first-order valence-corrected chi connectivity index (χ1v) is 6.78. The molecule has 1 aliphatic rings. The summed E-state index contributed by atoms with van der Waals surface area (Å²) in [7, 11) is 0. The van der Waals surface area contributed by atoms with E-state index >= 15 is 0 Å². The zero-order chi connectivity index (χ0) is 13.9. The van der Waals surface area contributed by atoms with Crippen LogP contribution in [0.25, 0.3) is 11.1 Å². The first-order chi connectivity index (χ1) is 9.76. The minimum absolute atomic E-state index is 0.241. The quantitative estimate of drug-likeness (QED) is 0.917. The van der Waals surface area contributed by atoms with Crippen LogP contribution < -0.4 is 5.32 Å². The lowest BCUT2D eigenvalue weighted by Crippen LogP contribution is -2.15. The lowest BCUT2D eigenvalue weighted by Gasteiger charge is -2.07. The number of nitriles is 1. The number of halogens is 1. The smallest absolute Gasteiger partial charge is 0.131 e. The highest BCUT2D eigenvalue weighted by Crippen LogP contribution is 2.25. The Bertz CT molecular complexity index is 669. The molecule has 0 saturated heterocycles. The van der Waals surface area contributed by atoms with Crippen LogP contribution in [0.1, 0.15) is 24.0 Å². The Labute approximate surface area is 117 Å². The normalized spacial score (nSPS) is 14.0. The summed E-state index contributed by atoms with van der Waals surface area (Å²) in [4.78, 5) is 0. The molecule has 0 aliphatic heterocycles. The number of nitrogens with one attached hydrogen (secondary N) is 1. The minimum atomic E-state index is -0.241. The molecule has 1 N–H and O–H groups in total. The highest BCUT2D eigenvalue weighted by atomic mass is 19.1. The molecule has 0 aromatic heterocycles. The second kappa shape index (κ2) is 5.44. The maximum Gasteiger partial charge on any atom is 0.131 e. The van der Waals surface area contributed by atoms with Crippen LogP contribution in [0.5, 0.6) is 0 Å². The molecule has 0 atom stereocenters. The standard InChI is InChI=1S/C17H15FN2/c18-17-9-13(11-20-15-5-6-15)4-7-16(17)14-3-1-2-12(8-14)10-19/h1-4,7-9,15,20H,5-6,11H2. The van der Waals surface area contributed by atoms with Crippen molar-refractivity contribution in [1.82, 2.24) is 5.32 Å². The molecule has 2 aromatic carbocycles. The molecular formula is C17H15FN2. The maximum atomic E-state index is 14.2. The van der Waals surface area contributed by atoms with E-state index in [2.05, 4.69) is 11.4 Å². The van der Waals surface area contributed by atoms with E-state index in [9.17, 15) is 4.39 Å². The predicted octanol–water partition coefficient (Wildman–Crippen LogP) is 3.62. The van der Waals surface area contributed by atoms with Crippen molar-refractivity contribution in [2.24, 2.45) is 0 Å². The molecule has 100 valence electrons. The van der Waals surface area contributed by atoms with Crippen LogP contribution in [0.15, 0.2) is 42.5 Å². The summed E-state index contributed by atoms with van der Waals surface area (Å²) >= 11 is 0. The van der Waals surface area contributed by atoms with Gasteiger partial charge in [0.1, 0.15) is 5.82 Å². The van der Waals surface area contributed by atoms with Crippen molar-refractivity contribution in [1.29, 1.82) is 5.26 Å². The fourth-order valence-corrected chi connectivity index (χ4v) is 2.21. The van der Waals surface area contributed by atoms with Gasteiger partial charge in [0.15, 0.2) is 0 Å². The van der Waals surface area contributed by atoms with Crippen LogP contribution in [-0.4, -0.2) is 6.04 Å². The fraction of sp³-hybridized carbons (Fsp3) is 0.235. The Kier molecular flexibility index (Phi) is 3.49. The fourth-order valence-electron chi connectivity index (χ4n) is 2.21. The topological polar surface area (TPSA) is 35.8 Å². The van der Waals surface area contributed by atoms with Gasteiger partial charge in [-0.1, -0.05) is 24.3 Å². The Hall–Kier alpha value is -2.18. The number of rotatable bonds is 4. The van der Waals surface area contributed by atoms with Gasteiger partial charge in [0.25, 0.3) is 0 Å². The van der Waals surface area contributed by atoms with Gasteiger partial charge in [-0.2, -0.15) is 5.26 Å². The molecule has 3 rings (SSSR count). The highest BCUT2D eigenvalue weighted by molar-refractivity contribution is 5.66. The Morgan fingerprint density at radius 1 is 1.20 bits per heavy atom. The molecule has 2 aromatic rings. The van der Waals surface area contributed by atoms with Crippen LogP contribution in [0.4, 0.5) is 4.39 Å².